The third kappa shape index (κ3) is 3.74. The Morgan fingerprint density at radius 1 is 1.16 bits per heavy atom. The molecule has 158 valence electrons. The number of hydrogen-bond donors (Lipinski definition) is 1. The summed E-state index contributed by atoms with van der Waals surface area (Å²) < 4.78 is 7.19. The van der Waals surface area contributed by atoms with Crippen LogP contribution in [0.2, 0.25) is 0 Å². The van der Waals surface area contributed by atoms with Crippen LogP contribution in [0.15, 0.2) is 47.1 Å². The predicted molar refractivity (Wildman–Crippen MR) is 116 cm³/mol. The van der Waals surface area contributed by atoms with E-state index in [0.717, 1.165) is 59.8 Å². The van der Waals surface area contributed by atoms with Crippen LogP contribution in [0.1, 0.15) is 28.9 Å². The topological polar surface area (TPSA) is 102 Å². The average Bonchev–Trinajstić information content (AvgIpc) is 3.42. The van der Waals surface area contributed by atoms with Gasteiger partial charge < -0.3 is 14.6 Å². The van der Waals surface area contributed by atoms with Crippen molar-refractivity contribution in [1.82, 2.24) is 30.5 Å². The standard InChI is InChI=1S/C22H23N7O2/c1-14-13-19-18(9-12-31-19)20(23-14)15-3-5-16(6-4-15)21(30)24-17-7-10-29(11-8-17)22-25-26-27-28(22)2/h3-6,9,12-13,17H,7-8,10-11H2,1-2H3,(H,24,30). The quantitative estimate of drug-likeness (QED) is 0.545. The van der Waals surface area contributed by atoms with Crippen LogP contribution in [-0.2, 0) is 7.05 Å². The number of nitrogens with zero attached hydrogens (tertiary/aromatic N) is 6. The van der Waals surface area contributed by atoms with Crippen LogP contribution in [0.4, 0.5) is 5.95 Å². The molecule has 1 amide bonds. The van der Waals surface area contributed by atoms with Crippen LogP contribution in [0.3, 0.4) is 0 Å². The lowest BCUT2D eigenvalue weighted by atomic mass is 10.0. The molecule has 0 radical (unpaired) electrons. The van der Waals surface area contributed by atoms with Crippen molar-refractivity contribution in [3.05, 3.63) is 53.9 Å². The highest BCUT2D eigenvalue weighted by Crippen LogP contribution is 2.28. The fourth-order valence-corrected chi connectivity index (χ4v) is 4.07. The molecular weight excluding hydrogens is 394 g/mol. The Balaban J connectivity index is 1.25. The molecule has 0 spiro atoms. The van der Waals surface area contributed by atoms with E-state index in [1.165, 1.54) is 0 Å². The first-order valence-corrected chi connectivity index (χ1v) is 10.3. The Morgan fingerprint density at radius 3 is 2.65 bits per heavy atom. The number of carbonyl (C=O) groups is 1. The van der Waals surface area contributed by atoms with Crippen molar-refractivity contribution in [3.8, 4) is 11.3 Å². The van der Waals surface area contributed by atoms with Gasteiger partial charge in [-0.3, -0.25) is 9.78 Å². The SMILES string of the molecule is Cc1cc2occc2c(-c2ccc(C(=O)NC3CCN(c4nnnn4C)CC3)cc2)n1. The van der Waals surface area contributed by atoms with Crippen molar-refractivity contribution in [3.63, 3.8) is 0 Å². The average molecular weight is 417 g/mol. The molecule has 1 aromatic carbocycles. The van der Waals surface area contributed by atoms with Crippen LogP contribution in [0, 0.1) is 6.92 Å². The van der Waals surface area contributed by atoms with E-state index in [0.29, 0.717) is 5.56 Å². The van der Waals surface area contributed by atoms with Crippen LogP contribution in [-0.4, -0.2) is 50.2 Å². The van der Waals surface area contributed by atoms with Crippen molar-refractivity contribution in [2.75, 3.05) is 18.0 Å². The van der Waals surface area contributed by atoms with Gasteiger partial charge in [-0.05, 0) is 48.4 Å². The molecule has 3 aromatic heterocycles. The molecular formula is C22H23N7O2. The van der Waals surface area contributed by atoms with Crippen molar-refractivity contribution in [1.29, 1.82) is 0 Å². The number of tetrazole rings is 1. The maximum absolute atomic E-state index is 12.8. The highest BCUT2D eigenvalue weighted by molar-refractivity contribution is 5.96. The molecule has 5 rings (SSSR count). The first-order valence-electron chi connectivity index (χ1n) is 10.3. The molecule has 1 N–H and O–H groups in total. The number of rotatable bonds is 4. The van der Waals surface area contributed by atoms with Gasteiger partial charge in [0.25, 0.3) is 5.91 Å². The van der Waals surface area contributed by atoms with Crippen LogP contribution >= 0.6 is 0 Å². The minimum Gasteiger partial charge on any atom is -0.464 e. The maximum atomic E-state index is 12.8. The number of fused-ring (bicyclic) bond motifs is 1. The second kappa shape index (κ2) is 7.82. The summed E-state index contributed by atoms with van der Waals surface area (Å²) in [6.07, 6.45) is 3.37. The number of pyridine rings is 1. The summed E-state index contributed by atoms with van der Waals surface area (Å²) in [7, 11) is 1.83. The number of amides is 1. The zero-order valence-corrected chi connectivity index (χ0v) is 17.4. The molecule has 1 aliphatic rings. The van der Waals surface area contributed by atoms with Gasteiger partial charge in [0.1, 0.15) is 5.58 Å². The van der Waals surface area contributed by atoms with Gasteiger partial charge in [0.2, 0.25) is 5.95 Å². The fraction of sp³-hybridized carbons (Fsp3) is 0.318. The first kappa shape index (κ1) is 19.2. The molecule has 1 fully saturated rings. The van der Waals surface area contributed by atoms with E-state index >= 15 is 0 Å². The number of piperidine rings is 1. The molecule has 0 atom stereocenters. The van der Waals surface area contributed by atoms with Gasteiger partial charge in [-0.25, -0.2) is 4.68 Å². The van der Waals surface area contributed by atoms with Crippen molar-refractivity contribution >= 4 is 22.8 Å². The molecule has 0 bridgehead atoms. The van der Waals surface area contributed by atoms with Gasteiger partial charge in [0, 0.05) is 54.5 Å². The summed E-state index contributed by atoms with van der Waals surface area (Å²) in [5.74, 6) is 0.702. The highest BCUT2D eigenvalue weighted by atomic mass is 16.3. The molecule has 1 aliphatic heterocycles. The molecule has 9 heteroatoms. The van der Waals surface area contributed by atoms with Crippen molar-refractivity contribution in [2.24, 2.45) is 7.05 Å². The molecule has 1 saturated heterocycles. The van der Waals surface area contributed by atoms with Crippen LogP contribution in [0.25, 0.3) is 22.2 Å². The summed E-state index contributed by atoms with van der Waals surface area (Å²) in [5, 5.41) is 15.8. The van der Waals surface area contributed by atoms with Gasteiger partial charge in [-0.2, -0.15) is 0 Å². The Kier molecular flexibility index (Phi) is 4.85. The molecule has 4 aromatic rings. The molecule has 4 heterocycles. The monoisotopic (exact) mass is 417 g/mol. The number of hydrogen-bond acceptors (Lipinski definition) is 7. The van der Waals surface area contributed by atoms with E-state index in [-0.39, 0.29) is 11.9 Å². The van der Waals surface area contributed by atoms with Gasteiger partial charge in [-0.1, -0.05) is 17.2 Å². The van der Waals surface area contributed by atoms with Crippen LogP contribution < -0.4 is 10.2 Å². The minimum atomic E-state index is -0.0593. The zero-order valence-electron chi connectivity index (χ0n) is 17.4. The summed E-state index contributed by atoms with van der Waals surface area (Å²) in [5.41, 5.74) is 4.16. The van der Waals surface area contributed by atoms with E-state index in [4.69, 9.17) is 4.42 Å². The molecule has 0 aliphatic carbocycles. The van der Waals surface area contributed by atoms with E-state index in [9.17, 15) is 4.79 Å². The summed E-state index contributed by atoms with van der Waals surface area (Å²) >= 11 is 0. The number of anilines is 1. The summed E-state index contributed by atoms with van der Waals surface area (Å²) in [6.45, 7) is 3.55. The van der Waals surface area contributed by atoms with E-state index in [1.54, 1.807) is 10.9 Å². The second-order valence-electron chi connectivity index (χ2n) is 7.86. The molecule has 9 nitrogen and oxygen atoms in total. The second-order valence-corrected chi connectivity index (χ2v) is 7.86. The van der Waals surface area contributed by atoms with E-state index in [1.807, 2.05) is 50.4 Å². The van der Waals surface area contributed by atoms with Crippen LogP contribution in [0.5, 0.6) is 0 Å². The number of furan rings is 1. The summed E-state index contributed by atoms with van der Waals surface area (Å²) in [4.78, 5) is 19.6. The van der Waals surface area contributed by atoms with Crippen molar-refractivity contribution in [2.45, 2.75) is 25.8 Å². The molecule has 31 heavy (non-hydrogen) atoms. The number of benzene rings is 1. The normalized spacial score (nSPS) is 14.8. The number of nitrogens with one attached hydrogen (secondary N) is 1. The summed E-state index contributed by atoms with van der Waals surface area (Å²) in [6, 6.07) is 11.5. The zero-order chi connectivity index (χ0) is 21.4. The van der Waals surface area contributed by atoms with E-state index in [2.05, 4.69) is 30.7 Å². The fourth-order valence-electron chi connectivity index (χ4n) is 4.07. The number of carbonyl (C=O) groups excluding carboxylic acids is 1. The lowest BCUT2D eigenvalue weighted by Gasteiger charge is -2.32. The Hall–Kier alpha value is -3.75. The first-order chi connectivity index (χ1) is 15.1. The number of aryl methyl sites for hydroxylation is 2. The Bertz CT molecular complexity index is 1220. The maximum Gasteiger partial charge on any atom is 0.251 e. The predicted octanol–water partition coefficient (Wildman–Crippen LogP) is 2.73. The lowest BCUT2D eigenvalue weighted by molar-refractivity contribution is 0.0931. The van der Waals surface area contributed by atoms with Gasteiger partial charge in [-0.15, -0.1) is 0 Å². The third-order valence-corrected chi connectivity index (χ3v) is 5.71. The third-order valence-electron chi connectivity index (χ3n) is 5.71. The van der Waals surface area contributed by atoms with Gasteiger partial charge in [0.05, 0.1) is 12.0 Å². The number of aromatic nitrogens is 5. The van der Waals surface area contributed by atoms with E-state index < -0.39 is 0 Å². The highest BCUT2D eigenvalue weighted by Gasteiger charge is 2.24. The largest absolute Gasteiger partial charge is 0.464 e. The molecule has 0 unspecified atom stereocenters. The van der Waals surface area contributed by atoms with Gasteiger partial charge >= 0.3 is 0 Å². The molecule has 0 saturated carbocycles. The minimum absolute atomic E-state index is 0.0593. The van der Waals surface area contributed by atoms with Crippen molar-refractivity contribution < 1.29 is 9.21 Å². The Labute approximate surface area is 179 Å². The lowest BCUT2D eigenvalue weighted by Crippen LogP contribution is -2.45. The van der Waals surface area contributed by atoms with Gasteiger partial charge in [0.15, 0.2) is 0 Å². The smallest absolute Gasteiger partial charge is 0.251 e. The Morgan fingerprint density at radius 2 is 1.94 bits per heavy atom.